The lowest BCUT2D eigenvalue weighted by molar-refractivity contribution is -0.143. The average Bonchev–Trinajstić information content (AvgIpc) is 2.54. The molecule has 0 aromatic heterocycles. The second kappa shape index (κ2) is 12.5. The number of aliphatic carboxylic acids is 2. The monoisotopic (exact) mass is 391 g/mol. The minimum absolute atomic E-state index is 0.0655. The van der Waals surface area contributed by atoms with Crippen LogP contribution in [0.2, 0.25) is 0 Å². The van der Waals surface area contributed by atoms with E-state index in [2.05, 4.69) is 10.6 Å². The quantitative estimate of drug-likeness (QED) is 0.294. The first-order chi connectivity index (χ1) is 12.1. The maximum absolute atomic E-state index is 12.4. The fraction of sp³-hybridized carbons (Fsp3) is 0.750. The second-order valence-electron chi connectivity index (χ2n) is 6.41. The first-order valence-corrected chi connectivity index (χ1v) is 9.77. The van der Waals surface area contributed by atoms with Gasteiger partial charge < -0.3 is 26.6 Å². The van der Waals surface area contributed by atoms with Gasteiger partial charge in [0.2, 0.25) is 11.8 Å². The zero-order valence-corrected chi connectivity index (χ0v) is 16.2. The lowest BCUT2D eigenvalue weighted by Crippen LogP contribution is -2.54. The molecule has 9 nitrogen and oxygen atoms in total. The molecular formula is C16H29N3O6S. The smallest absolute Gasteiger partial charge is 0.326 e. The molecule has 150 valence electrons. The molecule has 0 aliphatic rings. The minimum Gasteiger partial charge on any atom is -0.481 e. The van der Waals surface area contributed by atoms with Crippen molar-refractivity contribution in [2.75, 3.05) is 12.0 Å². The molecule has 0 aliphatic carbocycles. The van der Waals surface area contributed by atoms with Crippen LogP contribution in [-0.4, -0.2) is 64.1 Å². The molecule has 0 aromatic carbocycles. The SMILES string of the molecule is CSCCC(N)C(=O)NC(CC(C)C)C(=O)NC(CCC(=O)O)C(=O)O. The minimum atomic E-state index is -1.34. The number of carboxylic acids is 2. The third-order valence-corrected chi connectivity index (χ3v) is 4.22. The Morgan fingerprint density at radius 3 is 2.04 bits per heavy atom. The van der Waals surface area contributed by atoms with E-state index in [0.29, 0.717) is 18.6 Å². The van der Waals surface area contributed by atoms with Crippen LogP contribution in [0.5, 0.6) is 0 Å². The van der Waals surface area contributed by atoms with E-state index in [1.807, 2.05) is 20.1 Å². The lowest BCUT2D eigenvalue weighted by atomic mass is 10.0. The van der Waals surface area contributed by atoms with Crippen molar-refractivity contribution < 1.29 is 29.4 Å². The summed E-state index contributed by atoms with van der Waals surface area (Å²) in [5.41, 5.74) is 5.80. The Morgan fingerprint density at radius 2 is 1.58 bits per heavy atom. The highest BCUT2D eigenvalue weighted by Gasteiger charge is 2.28. The Kier molecular flexibility index (Phi) is 11.7. The van der Waals surface area contributed by atoms with E-state index >= 15 is 0 Å². The van der Waals surface area contributed by atoms with Gasteiger partial charge in [0.25, 0.3) is 0 Å². The second-order valence-corrected chi connectivity index (χ2v) is 7.40. The molecule has 0 fully saturated rings. The molecule has 0 aliphatic heterocycles. The number of nitrogens with one attached hydrogen (secondary N) is 2. The van der Waals surface area contributed by atoms with Crippen LogP contribution >= 0.6 is 11.8 Å². The third-order valence-electron chi connectivity index (χ3n) is 3.57. The van der Waals surface area contributed by atoms with E-state index in [4.69, 9.17) is 15.9 Å². The average molecular weight is 391 g/mol. The van der Waals surface area contributed by atoms with Gasteiger partial charge in [0, 0.05) is 6.42 Å². The number of carbonyl (C=O) groups is 4. The first-order valence-electron chi connectivity index (χ1n) is 8.38. The molecule has 3 unspecified atom stereocenters. The number of amides is 2. The van der Waals surface area contributed by atoms with Crippen LogP contribution in [0.15, 0.2) is 0 Å². The van der Waals surface area contributed by atoms with E-state index in [-0.39, 0.29) is 12.3 Å². The fourth-order valence-corrected chi connectivity index (χ4v) is 2.64. The van der Waals surface area contributed by atoms with Crippen LogP contribution in [0.1, 0.15) is 39.5 Å². The summed E-state index contributed by atoms with van der Waals surface area (Å²) < 4.78 is 0. The molecule has 0 radical (unpaired) electrons. The highest BCUT2D eigenvalue weighted by atomic mass is 32.2. The van der Waals surface area contributed by atoms with E-state index in [1.54, 1.807) is 11.8 Å². The molecular weight excluding hydrogens is 362 g/mol. The maximum Gasteiger partial charge on any atom is 0.326 e. The molecule has 6 N–H and O–H groups in total. The largest absolute Gasteiger partial charge is 0.481 e. The predicted molar refractivity (Wildman–Crippen MR) is 98.8 cm³/mol. The normalized spacial score (nSPS) is 14.3. The van der Waals surface area contributed by atoms with Gasteiger partial charge >= 0.3 is 11.9 Å². The molecule has 0 spiro atoms. The van der Waals surface area contributed by atoms with Crippen molar-refractivity contribution >= 4 is 35.5 Å². The summed E-state index contributed by atoms with van der Waals surface area (Å²) in [4.78, 5) is 46.4. The maximum atomic E-state index is 12.4. The number of hydrogen-bond acceptors (Lipinski definition) is 6. The topological polar surface area (TPSA) is 159 Å². The van der Waals surface area contributed by atoms with Gasteiger partial charge in [-0.15, -0.1) is 0 Å². The van der Waals surface area contributed by atoms with Gasteiger partial charge in [0.15, 0.2) is 0 Å². The predicted octanol–water partition coefficient (Wildman–Crippen LogP) is 0.0319. The Hall–Kier alpha value is -1.81. The number of hydrogen-bond donors (Lipinski definition) is 5. The number of carboxylic acid groups (broad SMARTS) is 2. The summed E-state index contributed by atoms with van der Waals surface area (Å²) in [7, 11) is 0. The van der Waals surface area contributed by atoms with Crippen molar-refractivity contribution in [3.05, 3.63) is 0 Å². The molecule has 2 amide bonds. The number of rotatable bonds is 13. The van der Waals surface area contributed by atoms with Gasteiger partial charge in [0.05, 0.1) is 6.04 Å². The molecule has 0 aromatic rings. The Balaban J connectivity index is 4.97. The molecule has 0 bridgehead atoms. The van der Waals surface area contributed by atoms with Gasteiger partial charge in [-0.05, 0) is 37.2 Å². The number of nitrogens with two attached hydrogens (primary N) is 1. The molecule has 26 heavy (non-hydrogen) atoms. The van der Waals surface area contributed by atoms with Crippen LogP contribution in [0.3, 0.4) is 0 Å². The van der Waals surface area contributed by atoms with E-state index in [9.17, 15) is 19.2 Å². The van der Waals surface area contributed by atoms with Gasteiger partial charge in [-0.2, -0.15) is 11.8 Å². The van der Waals surface area contributed by atoms with Crippen LogP contribution in [-0.2, 0) is 19.2 Å². The third kappa shape index (κ3) is 10.2. The highest BCUT2D eigenvalue weighted by Crippen LogP contribution is 2.08. The lowest BCUT2D eigenvalue weighted by Gasteiger charge is -2.24. The molecule has 0 saturated carbocycles. The van der Waals surface area contributed by atoms with Crippen LogP contribution in [0.4, 0.5) is 0 Å². The van der Waals surface area contributed by atoms with Crippen LogP contribution in [0.25, 0.3) is 0 Å². The summed E-state index contributed by atoms with van der Waals surface area (Å²) in [6.07, 6.45) is 2.02. The first kappa shape index (κ1) is 24.2. The zero-order chi connectivity index (χ0) is 20.3. The standard InChI is InChI=1S/C16H29N3O6S/c1-9(2)8-12(19-14(22)10(17)6-7-26-3)15(23)18-11(16(24)25)4-5-13(20)21/h9-12H,4-8,17H2,1-3H3,(H,18,23)(H,19,22)(H,20,21)(H,24,25). The van der Waals surface area contributed by atoms with Crippen molar-refractivity contribution in [3.63, 3.8) is 0 Å². The summed E-state index contributed by atoms with van der Waals surface area (Å²) >= 11 is 1.55. The Morgan fingerprint density at radius 1 is 1.00 bits per heavy atom. The molecule has 0 heterocycles. The van der Waals surface area contributed by atoms with E-state index in [1.165, 1.54) is 0 Å². The van der Waals surface area contributed by atoms with Crippen molar-refractivity contribution in [3.8, 4) is 0 Å². The summed E-state index contributed by atoms with van der Waals surface area (Å²) in [6.45, 7) is 3.72. The molecule has 3 atom stereocenters. The van der Waals surface area contributed by atoms with Crippen LogP contribution < -0.4 is 16.4 Å². The summed E-state index contributed by atoms with van der Waals surface area (Å²) in [5, 5.41) is 22.7. The van der Waals surface area contributed by atoms with Crippen LogP contribution in [0, 0.1) is 5.92 Å². The van der Waals surface area contributed by atoms with E-state index in [0.717, 1.165) is 0 Å². The molecule has 0 rings (SSSR count). The van der Waals surface area contributed by atoms with Crippen molar-refractivity contribution in [1.29, 1.82) is 0 Å². The number of thioether (sulfide) groups is 1. The fourth-order valence-electron chi connectivity index (χ4n) is 2.16. The Labute approximate surface area is 157 Å². The summed E-state index contributed by atoms with van der Waals surface area (Å²) in [5.74, 6) is -2.86. The van der Waals surface area contributed by atoms with Gasteiger partial charge in [-0.3, -0.25) is 14.4 Å². The zero-order valence-electron chi connectivity index (χ0n) is 15.4. The molecule has 0 saturated heterocycles. The van der Waals surface area contributed by atoms with Gasteiger partial charge in [-0.1, -0.05) is 13.8 Å². The van der Waals surface area contributed by atoms with Crippen molar-refractivity contribution in [2.45, 2.75) is 57.7 Å². The molecule has 10 heteroatoms. The van der Waals surface area contributed by atoms with Crippen molar-refractivity contribution in [1.82, 2.24) is 10.6 Å². The number of carbonyl (C=O) groups excluding carboxylic acids is 2. The Bertz CT molecular complexity index is 500. The van der Waals surface area contributed by atoms with E-state index < -0.39 is 48.3 Å². The van der Waals surface area contributed by atoms with Gasteiger partial charge in [0.1, 0.15) is 12.1 Å². The van der Waals surface area contributed by atoms with Crippen molar-refractivity contribution in [2.24, 2.45) is 11.7 Å². The summed E-state index contributed by atoms with van der Waals surface area (Å²) in [6, 6.07) is -3.03. The van der Waals surface area contributed by atoms with Gasteiger partial charge in [-0.25, -0.2) is 4.79 Å². The highest BCUT2D eigenvalue weighted by molar-refractivity contribution is 7.98.